The van der Waals surface area contributed by atoms with Crippen LogP contribution in [0.1, 0.15) is 0 Å². The summed E-state index contributed by atoms with van der Waals surface area (Å²) in [6.45, 7) is 0. The third kappa shape index (κ3) is 0.902. The Morgan fingerprint density at radius 1 is 1.78 bits per heavy atom. The Balaban J connectivity index is 2.91. The first-order valence-electron chi connectivity index (χ1n) is 2.42. The van der Waals surface area contributed by atoms with Crippen LogP contribution < -0.4 is 0 Å². The molecule has 0 radical (unpaired) electrons. The highest BCUT2D eigenvalue weighted by Crippen LogP contribution is 2.11. The summed E-state index contributed by atoms with van der Waals surface area (Å²) >= 11 is 0. The quantitative estimate of drug-likeness (QED) is 0.471. The number of methoxy groups -OCH3 is 1. The maximum atomic E-state index is 9.98. The number of ether oxygens (including phenoxy) is 1. The van der Waals surface area contributed by atoms with E-state index >= 15 is 0 Å². The summed E-state index contributed by atoms with van der Waals surface area (Å²) in [5.74, 6) is 2.12. The van der Waals surface area contributed by atoms with Crippen molar-refractivity contribution in [1.82, 2.24) is 0 Å². The molecule has 3 heteroatoms. The molecule has 0 fully saturated rings. The van der Waals surface area contributed by atoms with Gasteiger partial charge in [0.05, 0.1) is 7.11 Å². The first kappa shape index (κ1) is 5.79. The molecule has 0 amide bonds. The Morgan fingerprint density at radius 2 is 2.56 bits per heavy atom. The largest absolute Gasteiger partial charge is 0.494 e. The number of hydrogen-bond donors (Lipinski definition) is 0. The molecule has 0 N–H and O–H groups in total. The molecule has 0 aromatic rings. The second kappa shape index (κ2) is 2.29. The normalized spacial score (nSPS) is 15.2. The lowest BCUT2D eigenvalue weighted by molar-refractivity contribution is 0.303. The smallest absolute Gasteiger partial charge is 0.189 e. The molecule has 0 bridgehead atoms. The summed E-state index contributed by atoms with van der Waals surface area (Å²) in [4.78, 5) is 13.6. The Hall–Kier alpha value is -1.34. The summed E-state index contributed by atoms with van der Waals surface area (Å²) in [5.41, 5.74) is 0.234. The number of aliphatic imine (C=N–C) groups is 1. The Labute approximate surface area is 52.3 Å². The minimum absolute atomic E-state index is 0.234. The molecule has 0 aromatic heterocycles. The van der Waals surface area contributed by atoms with Crippen molar-refractivity contribution in [2.24, 2.45) is 4.99 Å². The van der Waals surface area contributed by atoms with Gasteiger partial charge in [-0.15, -0.1) is 0 Å². The molecule has 0 unspecified atom stereocenters. The van der Waals surface area contributed by atoms with E-state index in [2.05, 4.69) is 4.99 Å². The van der Waals surface area contributed by atoms with Crippen LogP contribution in [0.4, 0.5) is 0 Å². The van der Waals surface area contributed by atoms with Crippen molar-refractivity contribution in [3.05, 3.63) is 17.5 Å². The maximum absolute atomic E-state index is 9.98. The van der Waals surface area contributed by atoms with Gasteiger partial charge >= 0.3 is 0 Å². The summed E-state index contributed by atoms with van der Waals surface area (Å²) < 4.78 is 4.75. The van der Waals surface area contributed by atoms with E-state index in [-0.39, 0.29) is 5.70 Å². The lowest BCUT2D eigenvalue weighted by Crippen LogP contribution is -1.85. The lowest BCUT2D eigenvalue weighted by atomic mass is 10.4. The van der Waals surface area contributed by atoms with E-state index in [9.17, 15) is 4.79 Å². The van der Waals surface area contributed by atoms with Crippen molar-refractivity contribution in [3.8, 4) is 0 Å². The molecule has 9 heavy (non-hydrogen) atoms. The molecule has 1 aliphatic rings. The van der Waals surface area contributed by atoms with Gasteiger partial charge in [-0.2, -0.15) is 0 Å². The molecule has 0 atom stereocenters. The summed E-state index contributed by atoms with van der Waals surface area (Å²) in [7, 11) is 1.48. The van der Waals surface area contributed by atoms with Crippen LogP contribution in [-0.4, -0.2) is 19.3 Å². The van der Waals surface area contributed by atoms with Crippen molar-refractivity contribution < 1.29 is 9.53 Å². The minimum atomic E-state index is 0.234. The summed E-state index contributed by atoms with van der Waals surface area (Å²) in [6.07, 6.45) is 3.11. The molecule has 0 spiro atoms. The predicted molar refractivity (Wildman–Crippen MR) is 32.8 cm³/mol. The first-order chi connectivity index (χ1) is 4.38. The molecular weight excluding hydrogens is 118 g/mol. The molecule has 0 saturated carbocycles. The van der Waals surface area contributed by atoms with E-state index < -0.39 is 0 Å². The third-order valence-electron chi connectivity index (χ3n) is 0.980. The number of rotatable bonds is 1. The van der Waals surface area contributed by atoms with E-state index in [0.717, 1.165) is 0 Å². The monoisotopic (exact) mass is 123 g/mol. The van der Waals surface area contributed by atoms with Crippen LogP contribution in [0.2, 0.25) is 0 Å². The van der Waals surface area contributed by atoms with E-state index in [1.807, 2.05) is 0 Å². The van der Waals surface area contributed by atoms with Crippen LogP contribution in [0.5, 0.6) is 0 Å². The average Bonchev–Trinajstić information content (AvgIpc) is 2.33. The van der Waals surface area contributed by atoms with Gasteiger partial charge in [0.1, 0.15) is 0 Å². The van der Waals surface area contributed by atoms with Crippen molar-refractivity contribution in [1.29, 1.82) is 0 Å². The second-order valence-corrected chi connectivity index (χ2v) is 1.46. The van der Waals surface area contributed by atoms with E-state index in [0.29, 0.717) is 5.76 Å². The van der Waals surface area contributed by atoms with Gasteiger partial charge in [0, 0.05) is 12.3 Å². The van der Waals surface area contributed by atoms with Crippen molar-refractivity contribution >= 4 is 12.2 Å². The summed E-state index contributed by atoms with van der Waals surface area (Å²) in [5, 5.41) is 0. The number of nitrogens with zero attached hydrogens (tertiary/aromatic N) is 1. The number of allylic oxidation sites excluding steroid dienone is 1. The van der Waals surface area contributed by atoms with Crippen molar-refractivity contribution in [3.63, 3.8) is 0 Å². The molecule has 1 aliphatic heterocycles. The minimum Gasteiger partial charge on any atom is -0.494 e. The first-order valence-corrected chi connectivity index (χ1v) is 2.42. The van der Waals surface area contributed by atoms with Crippen LogP contribution in [0.15, 0.2) is 22.5 Å². The molecule has 46 valence electrons. The molecule has 3 nitrogen and oxygen atoms in total. The molecule has 0 saturated heterocycles. The summed E-state index contributed by atoms with van der Waals surface area (Å²) in [6, 6.07) is 0. The fourth-order valence-electron chi connectivity index (χ4n) is 0.563. The zero-order chi connectivity index (χ0) is 6.69. The topological polar surface area (TPSA) is 38.7 Å². The van der Waals surface area contributed by atoms with E-state index in [1.165, 1.54) is 13.3 Å². The van der Waals surface area contributed by atoms with Crippen molar-refractivity contribution in [2.45, 2.75) is 0 Å². The van der Waals surface area contributed by atoms with Crippen LogP contribution >= 0.6 is 0 Å². The molecule has 0 aromatic carbocycles. The number of carbonyl (C=O) groups excluding carboxylic acids is 1. The Morgan fingerprint density at radius 3 is 3.00 bits per heavy atom. The molecule has 1 heterocycles. The van der Waals surface area contributed by atoms with Crippen LogP contribution in [0.25, 0.3) is 0 Å². The Bertz CT molecular complexity index is 221. The van der Waals surface area contributed by atoms with Crippen molar-refractivity contribution in [2.75, 3.05) is 7.11 Å². The van der Waals surface area contributed by atoms with Gasteiger partial charge in [-0.3, -0.25) is 0 Å². The highest BCUT2D eigenvalue weighted by atomic mass is 16.5. The van der Waals surface area contributed by atoms with Gasteiger partial charge in [0.15, 0.2) is 17.4 Å². The maximum Gasteiger partial charge on any atom is 0.189 e. The highest BCUT2D eigenvalue weighted by Gasteiger charge is 2.07. The van der Waals surface area contributed by atoms with Gasteiger partial charge in [-0.05, 0) is 0 Å². The van der Waals surface area contributed by atoms with E-state index in [1.54, 1.807) is 12.0 Å². The Kier molecular flexibility index (Phi) is 1.47. The van der Waals surface area contributed by atoms with E-state index in [4.69, 9.17) is 4.74 Å². The highest BCUT2D eigenvalue weighted by molar-refractivity contribution is 5.82. The molecule has 0 aliphatic carbocycles. The zero-order valence-corrected chi connectivity index (χ0v) is 4.92. The lowest BCUT2D eigenvalue weighted by Gasteiger charge is -1.94. The van der Waals surface area contributed by atoms with Gasteiger partial charge in [0.25, 0.3) is 0 Å². The van der Waals surface area contributed by atoms with Gasteiger partial charge in [-0.1, -0.05) is 0 Å². The fraction of sp³-hybridized carbons (Fsp3) is 0.167. The van der Waals surface area contributed by atoms with Crippen LogP contribution in [0.3, 0.4) is 0 Å². The van der Waals surface area contributed by atoms with Crippen LogP contribution in [-0.2, 0) is 9.53 Å². The predicted octanol–water partition coefficient (Wildman–Crippen LogP) is 0.317. The van der Waals surface area contributed by atoms with Gasteiger partial charge in [-0.25, -0.2) is 9.79 Å². The zero-order valence-electron chi connectivity index (χ0n) is 4.92. The number of hydrogen-bond acceptors (Lipinski definition) is 3. The van der Waals surface area contributed by atoms with Crippen LogP contribution in [0, 0.1) is 0 Å². The third-order valence-corrected chi connectivity index (χ3v) is 0.980. The average molecular weight is 123 g/mol. The standard InChI is InChI=1S/C6H5NO2/c1-9-6-2-3-7-5(6)4-8/h2-3H,1H3. The fourth-order valence-corrected chi connectivity index (χ4v) is 0.563. The molecular formula is C6H5NO2. The SMILES string of the molecule is COC1=CC=NC1=C=O. The molecule has 1 rings (SSSR count). The second-order valence-electron chi connectivity index (χ2n) is 1.46. The van der Waals surface area contributed by atoms with Gasteiger partial charge in [0.2, 0.25) is 0 Å². The van der Waals surface area contributed by atoms with Gasteiger partial charge < -0.3 is 4.74 Å².